The van der Waals surface area contributed by atoms with Crippen molar-refractivity contribution in [2.45, 2.75) is 0 Å². The summed E-state index contributed by atoms with van der Waals surface area (Å²) in [6.07, 6.45) is 3.12. The van der Waals surface area contributed by atoms with Crippen LogP contribution in [0.4, 0.5) is 0 Å². The maximum Gasteiger partial charge on any atom is 0.152 e. The second kappa shape index (κ2) is 6.85. The van der Waals surface area contributed by atoms with Crippen molar-refractivity contribution in [3.63, 3.8) is 0 Å². The molecule has 2 nitrogen and oxygen atoms in total. The van der Waals surface area contributed by atoms with Gasteiger partial charge in [0.25, 0.3) is 0 Å². The van der Waals surface area contributed by atoms with Gasteiger partial charge in [-0.05, 0) is 23.3 Å². The number of carbonyl (C=O) groups excluding carboxylic acids is 1. The fraction of sp³-hybridized carbons (Fsp3) is 0.0417. The van der Waals surface area contributed by atoms with Gasteiger partial charge in [-0.1, -0.05) is 78.9 Å². The van der Waals surface area contributed by atoms with Crippen LogP contribution in [0.2, 0.25) is 0 Å². The first-order chi connectivity index (χ1) is 12.8. The van der Waals surface area contributed by atoms with Crippen LogP contribution in [0, 0.1) is 0 Å². The first kappa shape index (κ1) is 16.1. The molecular weight excluding hydrogens is 318 g/mol. The molecule has 0 atom stereocenters. The van der Waals surface area contributed by atoms with Gasteiger partial charge in [0.05, 0.1) is 5.69 Å². The normalized spacial score (nSPS) is 11.7. The molecule has 2 heteroatoms. The first-order valence-corrected chi connectivity index (χ1v) is 8.64. The van der Waals surface area contributed by atoms with E-state index in [0.717, 1.165) is 45.1 Å². The summed E-state index contributed by atoms with van der Waals surface area (Å²) in [4.78, 5) is 12.0. The quantitative estimate of drug-likeness (QED) is 0.352. The van der Waals surface area contributed by atoms with E-state index in [0.29, 0.717) is 0 Å². The minimum absolute atomic E-state index is 0.731. The van der Waals surface area contributed by atoms with Crippen molar-refractivity contribution in [1.29, 1.82) is 0 Å². The lowest BCUT2D eigenvalue weighted by Crippen LogP contribution is -2.00. The van der Waals surface area contributed by atoms with Crippen LogP contribution in [0.1, 0.15) is 27.2 Å². The number of fused-ring (bicyclic) bond motifs is 1. The largest absolute Gasteiger partial charge is 0.343 e. The van der Waals surface area contributed by atoms with Gasteiger partial charge in [0.2, 0.25) is 0 Å². The van der Waals surface area contributed by atoms with Crippen molar-refractivity contribution in [3.8, 4) is 0 Å². The molecule has 0 unspecified atom stereocenters. The summed E-state index contributed by atoms with van der Waals surface area (Å²) in [5.41, 5.74) is 5.96. The van der Waals surface area contributed by atoms with Gasteiger partial charge in [0, 0.05) is 29.1 Å². The first-order valence-electron chi connectivity index (χ1n) is 8.64. The van der Waals surface area contributed by atoms with Crippen LogP contribution in [0.3, 0.4) is 0 Å². The Morgan fingerprint density at radius 2 is 1.42 bits per heavy atom. The van der Waals surface area contributed by atoms with Gasteiger partial charge in [-0.2, -0.15) is 0 Å². The van der Waals surface area contributed by atoms with Crippen molar-refractivity contribution < 1.29 is 4.79 Å². The molecule has 126 valence electrons. The van der Waals surface area contributed by atoms with E-state index in [9.17, 15) is 4.79 Å². The summed E-state index contributed by atoms with van der Waals surface area (Å²) in [6, 6.07) is 28.5. The molecule has 1 heterocycles. The van der Waals surface area contributed by atoms with Gasteiger partial charge in [-0.15, -0.1) is 0 Å². The zero-order valence-electron chi connectivity index (χ0n) is 14.6. The van der Waals surface area contributed by atoms with Gasteiger partial charge in [0.15, 0.2) is 6.29 Å². The maximum absolute atomic E-state index is 12.0. The van der Waals surface area contributed by atoms with Crippen molar-refractivity contribution in [1.82, 2.24) is 4.57 Å². The Balaban J connectivity index is 2.05. The Morgan fingerprint density at radius 1 is 0.808 bits per heavy atom. The molecule has 0 amide bonds. The van der Waals surface area contributed by atoms with Crippen molar-refractivity contribution in [2.75, 3.05) is 0 Å². The number of carbonyl (C=O) groups is 1. The van der Waals surface area contributed by atoms with Gasteiger partial charge in [-0.25, -0.2) is 0 Å². The van der Waals surface area contributed by atoms with E-state index in [4.69, 9.17) is 0 Å². The summed E-state index contributed by atoms with van der Waals surface area (Å²) < 4.78 is 2.11. The van der Waals surface area contributed by atoms with Gasteiger partial charge in [-0.3, -0.25) is 4.79 Å². The highest BCUT2D eigenvalue weighted by Gasteiger charge is 2.18. The molecule has 0 spiro atoms. The number of aldehydes is 1. The molecule has 26 heavy (non-hydrogen) atoms. The molecule has 0 saturated carbocycles. The van der Waals surface area contributed by atoms with Gasteiger partial charge < -0.3 is 4.57 Å². The van der Waals surface area contributed by atoms with Gasteiger partial charge >= 0.3 is 0 Å². The third-order valence-corrected chi connectivity index (χ3v) is 4.71. The fourth-order valence-corrected chi connectivity index (χ4v) is 3.49. The number of benzene rings is 3. The highest BCUT2D eigenvalue weighted by molar-refractivity contribution is 6.07. The standard InChI is InChI=1S/C24H19NO/c1-25-23-15-9-8-14-20(23)22(17-26)24(25)21(19-12-6-3-7-13-19)16-18-10-4-2-5-11-18/h2-17H,1H3. The molecule has 0 radical (unpaired) electrons. The molecule has 4 aromatic rings. The monoisotopic (exact) mass is 337 g/mol. The third-order valence-electron chi connectivity index (χ3n) is 4.71. The molecule has 0 fully saturated rings. The SMILES string of the molecule is Cn1c(C(=Cc2ccccc2)c2ccccc2)c(C=O)c2ccccc21. The number of para-hydroxylation sites is 1. The molecule has 1 aromatic heterocycles. The van der Waals surface area contributed by atoms with Crippen LogP contribution in [-0.4, -0.2) is 10.9 Å². The predicted molar refractivity (Wildman–Crippen MR) is 108 cm³/mol. The fourth-order valence-electron chi connectivity index (χ4n) is 3.49. The molecule has 0 N–H and O–H groups in total. The summed E-state index contributed by atoms with van der Waals surface area (Å²) in [5, 5.41) is 0.981. The number of aryl methyl sites for hydroxylation is 1. The lowest BCUT2D eigenvalue weighted by atomic mass is 9.97. The number of rotatable bonds is 4. The zero-order valence-corrected chi connectivity index (χ0v) is 14.6. The Kier molecular flexibility index (Phi) is 4.24. The zero-order chi connectivity index (χ0) is 17.9. The van der Waals surface area contributed by atoms with Crippen molar-refractivity contribution in [3.05, 3.63) is 107 Å². The van der Waals surface area contributed by atoms with E-state index >= 15 is 0 Å². The van der Waals surface area contributed by atoms with E-state index in [2.05, 4.69) is 41.0 Å². The summed E-state index contributed by atoms with van der Waals surface area (Å²) in [6.45, 7) is 0. The lowest BCUT2D eigenvalue weighted by molar-refractivity contribution is 0.112. The molecule has 3 aromatic carbocycles. The second-order valence-electron chi connectivity index (χ2n) is 6.29. The van der Waals surface area contributed by atoms with Crippen LogP contribution in [0.15, 0.2) is 84.9 Å². The smallest absolute Gasteiger partial charge is 0.152 e. The number of hydrogen-bond donors (Lipinski definition) is 0. The Bertz CT molecular complexity index is 1090. The van der Waals surface area contributed by atoms with Crippen LogP contribution in [-0.2, 0) is 7.05 Å². The van der Waals surface area contributed by atoms with Crippen LogP contribution in [0.5, 0.6) is 0 Å². The molecule has 4 rings (SSSR count). The highest BCUT2D eigenvalue weighted by Crippen LogP contribution is 2.33. The number of nitrogens with zero attached hydrogens (tertiary/aromatic N) is 1. The Morgan fingerprint density at radius 3 is 2.12 bits per heavy atom. The molecule has 0 aliphatic rings. The lowest BCUT2D eigenvalue weighted by Gasteiger charge is -2.12. The van der Waals surface area contributed by atoms with Gasteiger partial charge in [0.1, 0.15) is 0 Å². The average molecular weight is 337 g/mol. The summed E-state index contributed by atoms with van der Waals surface area (Å²) in [7, 11) is 2.02. The Hall–Kier alpha value is -3.39. The van der Waals surface area contributed by atoms with Crippen LogP contribution >= 0.6 is 0 Å². The van der Waals surface area contributed by atoms with E-state index < -0.39 is 0 Å². The summed E-state index contributed by atoms with van der Waals surface area (Å²) >= 11 is 0. The molecular formula is C24H19NO. The van der Waals surface area contributed by atoms with E-state index in [-0.39, 0.29) is 0 Å². The van der Waals surface area contributed by atoms with E-state index in [1.165, 1.54) is 0 Å². The van der Waals surface area contributed by atoms with Crippen molar-refractivity contribution >= 4 is 28.8 Å². The number of aromatic nitrogens is 1. The minimum Gasteiger partial charge on any atom is -0.343 e. The summed E-state index contributed by atoms with van der Waals surface area (Å²) in [5.74, 6) is 0. The molecule has 0 aliphatic carbocycles. The average Bonchev–Trinajstić information content (AvgIpc) is 2.99. The second-order valence-corrected chi connectivity index (χ2v) is 6.29. The van der Waals surface area contributed by atoms with E-state index in [1.807, 2.05) is 61.6 Å². The van der Waals surface area contributed by atoms with Crippen LogP contribution in [0.25, 0.3) is 22.6 Å². The third kappa shape index (κ3) is 2.76. The maximum atomic E-state index is 12.0. The number of hydrogen-bond acceptors (Lipinski definition) is 1. The highest BCUT2D eigenvalue weighted by atomic mass is 16.1. The molecule has 0 bridgehead atoms. The molecule has 0 saturated heterocycles. The van der Waals surface area contributed by atoms with Crippen molar-refractivity contribution in [2.24, 2.45) is 7.05 Å². The Labute approximate surface area is 153 Å². The molecule has 0 aliphatic heterocycles. The predicted octanol–water partition coefficient (Wildman–Crippen LogP) is 5.58. The van der Waals surface area contributed by atoms with E-state index in [1.54, 1.807) is 0 Å². The minimum atomic E-state index is 0.731. The topological polar surface area (TPSA) is 22.0 Å². The van der Waals surface area contributed by atoms with Crippen LogP contribution < -0.4 is 0 Å².